The smallest absolute Gasteiger partial charge is 0.277 e. The van der Waals surface area contributed by atoms with Crippen LogP contribution in [0.3, 0.4) is 0 Å². The summed E-state index contributed by atoms with van der Waals surface area (Å²) in [6.45, 7) is 1.82. The number of hydrogen-bond donors (Lipinski definition) is 6. The molecule has 0 radical (unpaired) electrons. The summed E-state index contributed by atoms with van der Waals surface area (Å²) in [7, 11) is 0. The maximum Gasteiger partial charge on any atom is 0.277 e. The summed E-state index contributed by atoms with van der Waals surface area (Å²) in [5.74, 6) is 0.373. The van der Waals surface area contributed by atoms with Crippen molar-refractivity contribution in [3.8, 4) is 0 Å². The second-order valence-corrected chi connectivity index (χ2v) is 4.04. The molecule has 2 heterocycles. The van der Waals surface area contributed by atoms with Gasteiger partial charge in [-0.25, -0.2) is 0 Å². The Hall–Kier alpha value is -1.80. The standard InChI is InChI=1S/C9H15N5O3/c1-3(15)6(16)4-2-11-7-5(12-4)8(17)14-9(10)13-7/h3-4,6,12,15-16H,2H2,1H3,(H4,10,11,13,14,17)/t3-,4+,6-/m0/s1/i7+1,10+1,13+1,14+1. The number of H-pyrrole nitrogens is 1. The van der Waals surface area contributed by atoms with Crippen LogP contribution in [-0.4, -0.2) is 45.0 Å². The Morgan fingerprint density at radius 2 is 2.24 bits per heavy atom. The first-order valence-corrected chi connectivity index (χ1v) is 5.25. The van der Waals surface area contributed by atoms with Gasteiger partial charge in [-0.3, -0.25) is 9.78 Å². The molecule has 8 heteroatoms. The van der Waals surface area contributed by atoms with E-state index >= 15 is 0 Å². The van der Waals surface area contributed by atoms with Gasteiger partial charge in [-0.15, -0.1) is 0 Å². The maximum atomic E-state index is 11.6. The molecule has 8 nitrogen and oxygen atoms in total. The molecule has 0 aliphatic carbocycles. The highest BCUT2D eigenvalue weighted by Gasteiger charge is 2.29. The van der Waals surface area contributed by atoms with Crippen LogP contribution in [0, 0.1) is 0 Å². The third-order valence-electron chi connectivity index (χ3n) is 2.66. The van der Waals surface area contributed by atoms with Crippen LogP contribution in [0.2, 0.25) is 0 Å². The molecule has 17 heavy (non-hydrogen) atoms. The van der Waals surface area contributed by atoms with E-state index in [0.717, 1.165) is 0 Å². The monoisotopic (exact) mass is 245 g/mol. The predicted octanol–water partition coefficient (Wildman–Crippen LogP) is -1.70. The van der Waals surface area contributed by atoms with Crippen molar-refractivity contribution >= 4 is 17.5 Å². The minimum Gasteiger partial charge on any atom is -0.391 e. The van der Waals surface area contributed by atoms with Crippen molar-refractivity contribution in [2.24, 2.45) is 0 Å². The number of rotatable bonds is 2. The van der Waals surface area contributed by atoms with Gasteiger partial charge < -0.3 is 26.6 Å². The van der Waals surface area contributed by atoms with E-state index in [1.165, 1.54) is 6.92 Å². The Labute approximate surface area is 96.9 Å². The minimum absolute atomic E-state index is 0.0255. The molecule has 0 fully saturated rings. The molecule has 7 N–H and O–H groups in total. The van der Waals surface area contributed by atoms with Crippen molar-refractivity contribution in [3.05, 3.63) is 10.4 Å². The fourth-order valence-electron chi connectivity index (χ4n) is 1.74. The van der Waals surface area contributed by atoms with Crippen molar-refractivity contribution in [3.63, 3.8) is 0 Å². The molecule has 0 saturated heterocycles. The molecule has 0 amide bonds. The number of aliphatic hydroxyl groups excluding tert-OH is 2. The van der Waals surface area contributed by atoms with Crippen LogP contribution < -0.4 is 21.9 Å². The fourth-order valence-corrected chi connectivity index (χ4v) is 1.74. The van der Waals surface area contributed by atoms with E-state index in [9.17, 15) is 15.0 Å². The zero-order chi connectivity index (χ0) is 12.6. The second-order valence-electron chi connectivity index (χ2n) is 4.04. The Balaban J connectivity index is 2.27. The lowest BCUT2D eigenvalue weighted by atomic mass is 10.1. The van der Waals surface area contributed by atoms with E-state index in [1.54, 1.807) is 0 Å². The lowest BCUT2D eigenvalue weighted by molar-refractivity contribution is 0.0214. The molecule has 1 aliphatic heterocycles. The highest BCUT2D eigenvalue weighted by Crippen LogP contribution is 2.21. The number of nitrogens with two attached hydrogens (primary N) is 1. The summed E-state index contributed by atoms with van der Waals surface area (Å²) in [6, 6.07) is -0.464. The van der Waals surface area contributed by atoms with Gasteiger partial charge in [-0.1, -0.05) is 0 Å². The number of nitrogen functional groups attached to an aromatic ring is 1. The Morgan fingerprint density at radius 3 is 2.88 bits per heavy atom. The number of aromatic nitrogens is 2. The highest BCUT2D eigenvalue weighted by molar-refractivity contribution is 5.67. The zero-order valence-electron chi connectivity index (χ0n) is 9.27. The van der Waals surface area contributed by atoms with Crippen LogP contribution in [0.4, 0.5) is 17.5 Å². The maximum absolute atomic E-state index is 11.6. The summed E-state index contributed by atoms with van der Waals surface area (Å²) >= 11 is 0. The lowest BCUT2D eigenvalue weighted by Crippen LogP contribution is -2.48. The van der Waals surface area contributed by atoms with Crippen LogP contribution >= 0.6 is 0 Å². The van der Waals surface area contributed by atoms with Crippen molar-refractivity contribution in [2.45, 2.75) is 25.2 Å². The third kappa shape index (κ3) is 2.17. The predicted molar refractivity (Wildman–Crippen MR) is 62.9 cm³/mol. The first-order valence-electron chi connectivity index (χ1n) is 5.25. The Bertz CT molecular complexity index is 472. The molecule has 0 saturated carbocycles. The van der Waals surface area contributed by atoms with Gasteiger partial charge in [-0.05, 0) is 6.92 Å². The number of nitrogens with zero attached hydrogens (tertiary/aromatic N) is 1. The van der Waals surface area contributed by atoms with Gasteiger partial charge in [0.2, 0.25) is 5.95 Å². The van der Waals surface area contributed by atoms with Gasteiger partial charge in [0.25, 0.3) is 5.56 Å². The Kier molecular flexibility index (Phi) is 2.90. The molecule has 3 atom stereocenters. The van der Waals surface area contributed by atoms with E-state index in [2.05, 4.69) is 20.6 Å². The summed E-state index contributed by atoms with van der Waals surface area (Å²) in [5, 5.41) is 24.7. The summed E-state index contributed by atoms with van der Waals surface area (Å²) < 4.78 is 0. The number of aliphatic hydroxyl groups is 2. The van der Waals surface area contributed by atoms with Crippen molar-refractivity contribution in [1.29, 1.82) is 0 Å². The van der Waals surface area contributed by atoms with E-state index in [1.807, 2.05) is 0 Å². The van der Waals surface area contributed by atoms with Crippen LogP contribution in [0.25, 0.3) is 0 Å². The minimum atomic E-state index is -0.979. The second kappa shape index (κ2) is 4.22. The Morgan fingerprint density at radius 1 is 1.53 bits per heavy atom. The van der Waals surface area contributed by atoms with Gasteiger partial charge in [0.05, 0.1) is 12.1 Å². The van der Waals surface area contributed by atoms with Crippen LogP contribution in [0.15, 0.2) is 4.79 Å². The number of fused-ring (bicyclic) bond motifs is 1. The van der Waals surface area contributed by atoms with E-state index in [4.69, 9.17) is 5.73 Å². The average Bonchev–Trinajstić information content (AvgIpc) is 2.27. The largest absolute Gasteiger partial charge is 0.391 e. The quantitative estimate of drug-likeness (QED) is 0.342. The van der Waals surface area contributed by atoms with Gasteiger partial charge >= 0.3 is 0 Å². The molecule has 1 aromatic heterocycles. The lowest BCUT2D eigenvalue weighted by Gasteiger charge is -2.31. The van der Waals surface area contributed by atoms with Crippen molar-refractivity contribution in [1.82, 2.24) is 9.97 Å². The van der Waals surface area contributed by atoms with Gasteiger partial charge in [0.1, 0.15) is 11.8 Å². The molecule has 1 aromatic rings. The first-order chi connectivity index (χ1) is 7.99. The fraction of sp³-hybridized carbons (Fsp3) is 0.556. The van der Waals surface area contributed by atoms with Crippen molar-refractivity contribution in [2.75, 3.05) is 22.9 Å². The summed E-state index contributed by atoms with van der Waals surface area (Å²) in [6.07, 6.45) is -1.87. The van der Waals surface area contributed by atoms with Gasteiger partial charge in [0.15, 0.2) is 5.82 Å². The molecule has 1 aliphatic rings. The zero-order valence-corrected chi connectivity index (χ0v) is 9.27. The van der Waals surface area contributed by atoms with E-state index in [-0.39, 0.29) is 11.6 Å². The molecular formula is C9H15N5O3. The molecule has 0 aromatic carbocycles. The third-order valence-corrected chi connectivity index (χ3v) is 2.66. The molecule has 2 rings (SSSR count). The van der Waals surface area contributed by atoms with Crippen molar-refractivity contribution < 1.29 is 10.2 Å². The van der Waals surface area contributed by atoms with Crippen LogP contribution in [-0.2, 0) is 0 Å². The summed E-state index contributed by atoms with van der Waals surface area (Å²) in [4.78, 5) is 17.9. The van der Waals surface area contributed by atoms with Crippen LogP contribution in [0.1, 0.15) is 6.92 Å². The number of aromatic amines is 1. The average molecular weight is 245 g/mol. The van der Waals surface area contributed by atoms with E-state index < -0.39 is 23.8 Å². The molecule has 0 spiro atoms. The highest BCUT2D eigenvalue weighted by atomic mass is 16.3. The normalized spacial score (nSPS) is 21.9. The number of nitrogens with one attached hydrogen (secondary N) is 3. The molecule has 0 bridgehead atoms. The molecule has 0 unspecified atom stereocenters. The first kappa shape index (κ1) is 11.7. The van der Waals surface area contributed by atoms with Crippen LogP contribution in [0.5, 0.6) is 0 Å². The van der Waals surface area contributed by atoms with Gasteiger partial charge in [0, 0.05) is 6.54 Å². The van der Waals surface area contributed by atoms with Gasteiger partial charge in [-0.2, -0.15) is 4.98 Å². The van der Waals surface area contributed by atoms with E-state index in [0.29, 0.717) is 12.4 Å². The molecule has 94 valence electrons. The number of hydrogen-bond acceptors (Lipinski definition) is 7. The number of anilines is 3. The SMILES string of the molecule is C[C@H](O)[C@H](O)[C@H]1CN[13c]2[15n]c([15NH2])[15nH]c(=O)c2N1. The topological polar surface area (TPSA) is 136 Å². The molecular weight excluding hydrogens is 230 g/mol. The summed E-state index contributed by atoms with van der Waals surface area (Å²) in [5.41, 5.74) is 5.20.